The number of carbonyl (C=O) groups is 1. The number of hydrogen-bond donors (Lipinski definition) is 2. The van der Waals surface area contributed by atoms with Crippen molar-refractivity contribution in [1.29, 1.82) is 0 Å². The van der Waals surface area contributed by atoms with Gasteiger partial charge in [-0.3, -0.25) is 4.79 Å². The molecule has 2 N–H and O–H groups in total. The average molecular weight is 361 g/mol. The predicted molar refractivity (Wildman–Crippen MR) is 103 cm³/mol. The van der Waals surface area contributed by atoms with E-state index in [4.69, 9.17) is 0 Å². The fourth-order valence-corrected chi connectivity index (χ4v) is 3.68. The van der Waals surface area contributed by atoms with Crippen LogP contribution in [0.3, 0.4) is 0 Å². The molecule has 2 aromatic carbocycles. The Hall–Kier alpha value is -3.08. The van der Waals surface area contributed by atoms with Gasteiger partial charge in [-0.2, -0.15) is 0 Å². The van der Waals surface area contributed by atoms with E-state index in [9.17, 15) is 9.90 Å². The third-order valence-electron chi connectivity index (χ3n) is 5.21. The Bertz CT molecular complexity index is 946. The molecule has 0 spiro atoms. The Morgan fingerprint density at radius 2 is 2.07 bits per heavy atom. The van der Waals surface area contributed by atoms with Gasteiger partial charge in [0.15, 0.2) is 0 Å². The van der Waals surface area contributed by atoms with Crippen molar-refractivity contribution in [3.63, 3.8) is 0 Å². The fourth-order valence-electron chi connectivity index (χ4n) is 3.68. The number of phenols is 1. The number of rotatable bonds is 4. The summed E-state index contributed by atoms with van der Waals surface area (Å²) in [5, 5.41) is 9.84. The van der Waals surface area contributed by atoms with Gasteiger partial charge in [0.2, 0.25) is 5.91 Å². The van der Waals surface area contributed by atoms with E-state index in [1.54, 1.807) is 18.5 Å². The highest BCUT2D eigenvalue weighted by molar-refractivity contribution is 5.77. The molecule has 0 saturated heterocycles. The highest BCUT2D eigenvalue weighted by Crippen LogP contribution is 2.33. The zero-order chi connectivity index (χ0) is 18.8. The van der Waals surface area contributed by atoms with E-state index in [1.165, 1.54) is 11.1 Å². The van der Waals surface area contributed by atoms with Gasteiger partial charge >= 0.3 is 0 Å². The average Bonchev–Trinajstić information content (AvgIpc) is 3.15. The van der Waals surface area contributed by atoms with Crippen LogP contribution in [0.15, 0.2) is 54.9 Å². The molecule has 1 unspecified atom stereocenters. The molecule has 2 heterocycles. The summed E-state index contributed by atoms with van der Waals surface area (Å²) >= 11 is 0. The van der Waals surface area contributed by atoms with Crippen molar-refractivity contribution in [3.8, 4) is 5.75 Å². The number of H-pyrrole nitrogens is 1. The summed E-state index contributed by atoms with van der Waals surface area (Å²) < 4.78 is 0. The summed E-state index contributed by atoms with van der Waals surface area (Å²) in [6.07, 6.45) is 2.91. The molecule has 5 nitrogen and oxygen atoms in total. The summed E-state index contributed by atoms with van der Waals surface area (Å²) in [7, 11) is 0. The third-order valence-corrected chi connectivity index (χ3v) is 5.21. The van der Waals surface area contributed by atoms with E-state index in [-0.39, 0.29) is 17.6 Å². The minimum atomic E-state index is -0.0320. The van der Waals surface area contributed by atoms with E-state index in [1.807, 2.05) is 17.0 Å². The normalized spacial score (nSPS) is 16.2. The van der Waals surface area contributed by atoms with Gasteiger partial charge < -0.3 is 15.0 Å². The van der Waals surface area contributed by atoms with Crippen molar-refractivity contribution in [3.05, 3.63) is 82.9 Å². The van der Waals surface area contributed by atoms with Crippen molar-refractivity contribution in [2.24, 2.45) is 0 Å². The van der Waals surface area contributed by atoms with Crippen LogP contribution < -0.4 is 0 Å². The number of benzene rings is 2. The maximum absolute atomic E-state index is 12.9. The number of amides is 1. The number of aromatic hydroxyl groups is 1. The van der Waals surface area contributed by atoms with Crippen LogP contribution in [0.5, 0.6) is 5.75 Å². The number of aromatic nitrogens is 2. The van der Waals surface area contributed by atoms with Crippen LogP contribution in [0.1, 0.15) is 40.4 Å². The number of aromatic amines is 1. The van der Waals surface area contributed by atoms with Gasteiger partial charge in [-0.05, 0) is 36.6 Å². The molecule has 3 aromatic rings. The maximum Gasteiger partial charge on any atom is 0.223 e. The molecular weight excluding hydrogens is 338 g/mol. The van der Waals surface area contributed by atoms with Crippen LogP contribution in [-0.4, -0.2) is 32.4 Å². The molecule has 0 saturated carbocycles. The molecule has 1 amide bonds. The summed E-state index contributed by atoms with van der Waals surface area (Å²) in [6.45, 7) is 3.19. The SMILES string of the molecule is Cc1ccc(CCC(=O)N2Cc3[nH]cnc3C(c3cccc(O)c3)C2)cc1. The Balaban J connectivity index is 1.50. The van der Waals surface area contributed by atoms with Crippen LogP contribution in [0.25, 0.3) is 0 Å². The first-order chi connectivity index (χ1) is 13.1. The van der Waals surface area contributed by atoms with Crippen LogP contribution in [0.2, 0.25) is 0 Å². The lowest BCUT2D eigenvalue weighted by Crippen LogP contribution is -2.38. The zero-order valence-corrected chi connectivity index (χ0v) is 15.4. The number of nitrogens with zero attached hydrogens (tertiary/aromatic N) is 2. The van der Waals surface area contributed by atoms with Crippen LogP contribution >= 0.6 is 0 Å². The zero-order valence-electron chi connectivity index (χ0n) is 15.4. The van der Waals surface area contributed by atoms with E-state index in [0.29, 0.717) is 19.5 Å². The second kappa shape index (κ2) is 7.27. The summed E-state index contributed by atoms with van der Waals surface area (Å²) in [4.78, 5) is 22.4. The second-order valence-electron chi connectivity index (χ2n) is 7.17. The molecule has 138 valence electrons. The van der Waals surface area contributed by atoms with Crippen LogP contribution in [0, 0.1) is 6.92 Å². The number of nitrogens with one attached hydrogen (secondary N) is 1. The first-order valence-corrected chi connectivity index (χ1v) is 9.24. The number of imidazole rings is 1. The standard InChI is InChI=1S/C22H23N3O2/c1-15-5-7-16(8-6-15)9-10-21(27)25-12-19(17-3-2-4-18(26)11-17)22-20(13-25)23-14-24-22/h2-8,11,14,19,26H,9-10,12-13H2,1H3,(H,23,24). The molecule has 0 radical (unpaired) electrons. The molecule has 0 fully saturated rings. The first kappa shape index (κ1) is 17.3. The monoisotopic (exact) mass is 361 g/mol. The molecule has 1 aromatic heterocycles. The summed E-state index contributed by atoms with van der Waals surface area (Å²) in [5.74, 6) is 0.337. The largest absolute Gasteiger partial charge is 0.508 e. The Labute approximate surface area is 158 Å². The van der Waals surface area contributed by atoms with Crippen molar-refractivity contribution >= 4 is 5.91 Å². The molecule has 27 heavy (non-hydrogen) atoms. The number of fused-ring (bicyclic) bond motifs is 1. The summed E-state index contributed by atoms with van der Waals surface area (Å²) in [6, 6.07) is 15.5. The molecule has 4 rings (SSSR count). The predicted octanol–water partition coefficient (Wildman–Crippen LogP) is 3.53. The van der Waals surface area contributed by atoms with E-state index in [0.717, 1.165) is 23.4 Å². The van der Waals surface area contributed by atoms with Gasteiger partial charge in [-0.15, -0.1) is 0 Å². The Kier molecular flexibility index (Phi) is 4.67. The van der Waals surface area contributed by atoms with Crippen LogP contribution in [-0.2, 0) is 17.8 Å². The van der Waals surface area contributed by atoms with Gasteiger partial charge in [0, 0.05) is 18.9 Å². The van der Waals surface area contributed by atoms with Gasteiger partial charge in [0.25, 0.3) is 0 Å². The quantitative estimate of drug-likeness (QED) is 0.747. The lowest BCUT2D eigenvalue weighted by molar-refractivity contribution is -0.132. The van der Waals surface area contributed by atoms with Crippen molar-refractivity contribution in [2.75, 3.05) is 6.54 Å². The lowest BCUT2D eigenvalue weighted by Gasteiger charge is -2.32. The topological polar surface area (TPSA) is 69.2 Å². The smallest absolute Gasteiger partial charge is 0.223 e. The Morgan fingerprint density at radius 3 is 2.85 bits per heavy atom. The van der Waals surface area contributed by atoms with E-state index < -0.39 is 0 Å². The number of hydrogen-bond acceptors (Lipinski definition) is 3. The first-order valence-electron chi connectivity index (χ1n) is 9.24. The molecule has 1 atom stereocenters. The second-order valence-corrected chi connectivity index (χ2v) is 7.17. The third kappa shape index (κ3) is 3.72. The number of carbonyl (C=O) groups excluding carboxylic acids is 1. The van der Waals surface area contributed by atoms with E-state index >= 15 is 0 Å². The molecule has 0 aliphatic carbocycles. The maximum atomic E-state index is 12.9. The van der Waals surface area contributed by atoms with Crippen LogP contribution in [0.4, 0.5) is 0 Å². The Morgan fingerprint density at radius 1 is 1.26 bits per heavy atom. The van der Waals surface area contributed by atoms with Gasteiger partial charge in [-0.1, -0.05) is 42.0 Å². The molecule has 0 bridgehead atoms. The van der Waals surface area contributed by atoms with Crippen molar-refractivity contribution in [1.82, 2.24) is 14.9 Å². The van der Waals surface area contributed by atoms with Crippen molar-refractivity contribution < 1.29 is 9.90 Å². The lowest BCUT2D eigenvalue weighted by atomic mass is 9.90. The minimum absolute atomic E-state index is 0.0320. The van der Waals surface area contributed by atoms with Gasteiger partial charge in [0.1, 0.15) is 5.75 Å². The highest BCUT2D eigenvalue weighted by atomic mass is 16.3. The molecule has 1 aliphatic heterocycles. The number of aryl methyl sites for hydroxylation is 2. The number of phenolic OH excluding ortho intramolecular Hbond substituents is 1. The summed E-state index contributed by atoms with van der Waals surface area (Å²) in [5.41, 5.74) is 5.31. The van der Waals surface area contributed by atoms with Gasteiger partial charge in [0.05, 0.1) is 24.3 Å². The molecular formula is C22H23N3O2. The minimum Gasteiger partial charge on any atom is -0.508 e. The van der Waals surface area contributed by atoms with E-state index in [2.05, 4.69) is 41.2 Å². The molecule has 5 heteroatoms. The highest BCUT2D eigenvalue weighted by Gasteiger charge is 2.31. The van der Waals surface area contributed by atoms with Gasteiger partial charge in [-0.25, -0.2) is 4.98 Å². The van der Waals surface area contributed by atoms with Crippen molar-refractivity contribution in [2.45, 2.75) is 32.2 Å². The molecule has 1 aliphatic rings. The fraction of sp³-hybridized carbons (Fsp3) is 0.273.